The van der Waals surface area contributed by atoms with Gasteiger partial charge in [-0.3, -0.25) is 4.90 Å². The molecule has 0 bridgehead atoms. The van der Waals surface area contributed by atoms with Crippen molar-refractivity contribution < 1.29 is 13.9 Å². The Bertz CT molecular complexity index is 998. The first-order valence-electron chi connectivity index (χ1n) is 10.4. The third-order valence-electron chi connectivity index (χ3n) is 5.38. The van der Waals surface area contributed by atoms with Crippen molar-refractivity contribution in [3.05, 3.63) is 66.1 Å². The van der Waals surface area contributed by atoms with E-state index in [0.717, 1.165) is 61.5 Å². The number of aromatic nitrogens is 1. The van der Waals surface area contributed by atoms with E-state index in [2.05, 4.69) is 32.4 Å². The van der Waals surface area contributed by atoms with E-state index in [1.165, 1.54) is 12.1 Å². The molecule has 0 unspecified atom stereocenters. The molecule has 1 aliphatic rings. The summed E-state index contributed by atoms with van der Waals surface area (Å²) in [6, 6.07) is 14.2. The predicted molar refractivity (Wildman–Crippen MR) is 116 cm³/mol. The SMILES string of the molecule is O=C(NCCc1cccc(F)c1)Nc1ccc2c(ccn2CCN2CCOCC2)c1. The van der Waals surface area contributed by atoms with E-state index in [0.29, 0.717) is 13.0 Å². The van der Waals surface area contributed by atoms with Crippen LogP contribution in [0.3, 0.4) is 0 Å². The molecule has 2 N–H and O–H groups in total. The molecule has 1 aromatic heterocycles. The Kier molecular flexibility index (Phi) is 6.61. The molecule has 2 amide bonds. The lowest BCUT2D eigenvalue weighted by Gasteiger charge is -2.26. The van der Waals surface area contributed by atoms with Crippen LogP contribution in [0, 0.1) is 5.82 Å². The summed E-state index contributed by atoms with van der Waals surface area (Å²) in [5, 5.41) is 6.78. The number of rotatable bonds is 7. The number of benzene rings is 2. The van der Waals surface area contributed by atoms with Crippen molar-refractivity contribution >= 4 is 22.6 Å². The molecular formula is C23H27FN4O2. The van der Waals surface area contributed by atoms with E-state index >= 15 is 0 Å². The Balaban J connectivity index is 1.28. The lowest BCUT2D eigenvalue weighted by atomic mass is 10.1. The fraction of sp³-hybridized carbons (Fsp3) is 0.348. The number of urea groups is 1. The summed E-state index contributed by atoms with van der Waals surface area (Å²) in [5.74, 6) is -0.262. The molecule has 0 saturated carbocycles. The lowest BCUT2D eigenvalue weighted by molar-refractivity contribution is 0.0365. The van der Waals surface area contributed by atoms with Gasteiger partial charge in [-0.05, 0) is 48.4 Å². The van der Waals surface area contributed by atoms with Crippen LogP contribution in [0.25, 0.3) is 10.9 Å². The van der Waals surface area contributed by atoms with Gasteiger partial charge in [0.1, 0.15) is 5.82 Å². The molecule has 30 heavy (non-hydrogen) atoms. The molecule has 0 spiro atoms. The van der Waals surface area contributed by atoms with Crippen molar-refractivity contribution in [3.63, 3.8) is 0 Å². The molecular weight excluding hydrogens is 383 g/mol. The van der Waals surface area contributed by atoms with Gasteiger partial charge in [-0.15, -0.1) is 0 Å². The Labute approximate surface area is 175 Å². The number of fused-ring (bicyclic) bond motifs is 1. The van der Waals surface area contributed by atoms with Gasteiger partial charge in [0.25, 0.3) is 0 Å². The largest absolute Gasteiger partial charge is 0.379 e. The smallest absolute Gasteiger partial charge is 0.319 e. The molecule has 1 aliphatic heterocycles. The second-order valence-electron chi connectivity index (χ2n) is 7.50. The van der Waals surface area contributed by atoms with Gasteiger partial charge in [-0.1, -0.05) is 12.1 Å². The molecule has 0 atom stereocenters. The molecule has 1 saturated heterocycles. The van der Waals surface area contributed by atoms with Crippen LogP contribution in [-0.4, -0.2) is 54.9 Å². The first-order valence-corrected chi connectivity index (χ1v) is 10.4. The zero-order chi connectivity index (χ0) is 20.8. The molecule has 0 radical (unpaired) electrons. The van der Waals surface area contributed by atoms with Crippen LogP contribution in [0.2, 0.25) is 0 Å². The number of carbonyl (C=O) groups is 1. The number of carbonyl (C=O) groups excluding carboxylic acids is 1. The quantitative estimate of drug-likeness (QED) is 0.627. The second kappa shape index (κ2) is 9.73. The van der Waals surface area contributed by atoms with Crippen molar-refractivity contribution in [1.82, 2.24) is 14.8 Å². The van der Waals surface area contributed by atoms with Gasteiger partial charge in [-0.2, -0.15) is 0 Å². The summed E-state index contributed by atoms with van der Waals surface area (Å²) < 4.78 is 20.8. The lowest BCUT2D eigenvalue weighted by Crippen LogP contribution is -2.38. The van der Waals surface area contributed by atoms with Crippen LogP contribution in [0.15, 0.2) is 54.7 Å². The first kappa shape index (κ1) is 20.4. The molecule has 1 fully saturated rings. The minimum atomic E-state index is -0.266. The number of nitrogens with zero attached hydrogens (tertiary/aromatic N) is 2. The molecule has 0 aliphatic carbocycles. The van der Waals surface area contributed by atoms with E-state index in [1.807, 2.05) is 24.3 Å². The van der Waals surface area contributed by atoms with Gasteiger partial charge in [0.05, 0.1) is 13.2 Å². The number of hydrogen-bond acceptors (Lipinski definition) is 3. The Morgan fingerprint density at radius 1 is 1.07 bits per heavy atom. The maximum Gasteiger partial charge on any atom is 0.319 e. The van der Waals surface area contributed by atoms with Crippen molar-refractivity contribution in [2.75, 3.05) is 44.7 Å². The number of hydrogen-bond donors (Lipinski definition) is 2. The van der Waals surface area contributed by atoms with Crippen molar-refractivity contribution in [2.45, 2.75) is 13.0 Å². The highest BCUT2D eigenvalue weighted by molar-refractivity contribution is 5.92. The standard InChI is InChI=1S/C23H27FN4O2/c24-20-3-1-2-18(16-20)6-8-25-23(29)26-21-4-5-22-19(17-21)7-9-28(22)11-10-27-12-14-30-15-13-27/h1-5,7,9,16-17H,6,8,10-15H2,(H2,25,26,29). The van der Waals surface area contributed by atoms with Gasteiger partial charge in [0.15, 0.2) is 0 Å². The third-order valence-corrected chi connectivity index (χ3v) is 5.38. The van der Waals surface area contributed by atoms with Crippen LogP contribution in [0.4, 0.5) is 14.9 Å². The second-order valence-corrected chi connectivity index (χ2v) is 7.50. The summed E-state index contributed by atoms with van der Waals surface area (Å²) in [6.45, 7) is 5.97. The Morgan fingerprint density at radius 3 is 2.77 bits per heavy atom. The van der Waals surface area contributed by atoms with Crippen LogP contribution in [0.5, 0.6) is 0 Å². The van der Waals surface area contributed by atoms with Crippen molar-refractivity contribution in [1.29, 1.82) is 0 Å². The number of amides is 2. The van der Waals surface area contributed by atoms with E-state index in [4.69, 9.17) is 4.74 Å². The molecule has 3 aromatic rings. The number of morpholine rings is 1. The normalized spacial score (nSPS) is 14.7. The highest BCUT2D eigenvalue weighted by Gasteiger charge is 2.11. The van der Waals surface area contributed by atoms with E-state index < -0.39 is 0 Å². The average Bonchev–Trinajstić information content (AvgIpc) is 3.15. The van der Waals surface area contributed by atoms with Crippen LogP contribution in [-0.2, 0) is 17.7 Å². The number of anilines is 1. The Morgan fingerprint density at radius 2 is 1.93 bits per heavy atom. The van der Waals surface area contributed by atoms with E-state index in [-0.39, 0.29) is 11.8 Å². The molecule has 7 heteroatoms. The van der Waals surface area contributed by atoms with Crippen molar-refractivity contribution in [2.24, 2.45) is 0 Å². The van der Waals surface area contributed by atoms with Gasteiger partial charge < -0.3 is 19.9 Å². The summed E-state index contributed by atoms with van der Waals surface area (Å²) in [4.78, 5) is 14.6. The minimum Gasteiger partial charge on any atom is -0.379 e. The summed E-state index contributed by atoms with van der Waals surface area (Å²) in [5.41, 5.74) is 2.76. The van der Waals surface area contributed by atoms with E-state index in [9.17, 15) is 9.18 Å². The maximum atomic E-state index is 13.2. The third kappa shape index (κ3) is 5.37. The van der Waals surface area contributed by atoms with Crippen LogP contribution >= 0.6 is 0 Å². The van der Waals surface area contributed by atoms with Crippen LogP contribution < -0.4 is 10.6 Å². The molecule has 4 rings (SSSR count). The van der Waals surface area contributed by atoms with E-state index in [1.54, 1.807) is 6.07 Å². The van der Waals surface area contributed by atoms with Gasteiger partial charge in [0.2, 0.25) is 0 Å². The van der Waals surface area contributed by atoms with Gasteiger partial charge in [0, 0.05) is 55.5 Å². The fourth-order valence-corrected chi connectivity index (χ4v) is 3.73. The monoisotopic (exact) mass is 410 g/mol. The summed E-state index contributed by atoms with van der Waals surface area (Å²) >= 11 is 0. The zero-order valence-electron chi connectivity index (χ0n) is 16.9. The predicted octanol–water partition coefficient (Wildman–Crippen LogP) is 3.48. The highest BCUT2D eigenvalue weighted by Crippen LogP contribution is 2.20. The van der Waals surface area contributed by atoms with Gasteiger partial charge in [-0.25, -0.2) is 9.18 Å². The summed E-state index contributed by atoms with van der Waals surface area (Å²) in [7, 11) is 0. The van der Waals surface area contributed by atoms with Crippen molar-refractivity contribution in [3.8, 4) is 0 Å². The van der Waals surface area contributed by atoms with Gasteiger partial charge >= 0.3 is 6.03 Å². The fourth-order valence-electron chi connectivity index (χ4n) is 3.73. The molecule has 2 heterocycles. The minimum absolute atomic E-state index is 0.262. The zero-order valence-corrected chi connectivity index (χ0v) is 16.9. The van der Waals surface area contributed by atoms with Crippen LogP contribution in [0.1, 0.15) is 5.56 Å². The number of ether oxygens (including phenoxy) is 1. The average molecular weight is 410 g/mol. The molecule has 158 valence electrons. The first-order chi connectivity index (χ1) is 14.7. The topological polar surface area (TPSA) is 58.5 Å². The summed E-state index contributed by atoms with van der Waals surface area (Å²) in [6.07, 6.45) is 2.67. The number of nitrogens with one attached hydrogen (secondary N) is 2. The number of halogens is 1. The molecule has 6 nitrogen and oxygen atoms in total. The highest BCUT2D eigenvalue weighted by atomic mass is 19.1. The Hall–Kier alpha value is -2.90. The molecule has 2 aromatic carbocycles. The maximum absolute atomic E-state index is 13.2.